The molecule has 2 atom stereocenters. The van der Waals surface area contributed by atoms with Gasteiger partial charge in [0.1, 0.15) is 5.25 Å². The van der Waals surface area contributed by atoms with E-state index in [0.29, 0.717) is 11.3 Å². The van der Waals surface area contributed by atoms with E-state index < -0.39 is 0 Å². The summed E-state index contributed by atoms with van der Waals surface area (Å²) in [6.45, 7) is 6.76. The summed E-state index contributed by atoms with van der Waals surface area (Å²) in [5.74, 6) is 2.97. The van der Waals surface area contributed by atoms with Gasteiger partial charge in [-0.1, -0.05) is 25.0 Å². The Kier molecular flexibility index (Phi) is 6.07. The van der Waals surface area contributed by atoms with Crippen molar-refractivity contribution in [1.29, 1.82) is 0 Å². The second kappa shape index (κ2) is 8.73. The molecule has 0 aliphatic carbocycles. The summed E-state index contributed by atoms with van der Waals surface area (Å²) in [4.78, 5) is 17.7. The van der Waals surface area contributed by atoms with Crippen molar-refractivity contribution in [2.45, 2.75) is 36.3 Å². The number of thioether (sulfide) groups is 1. The standard InChI is InChI=1S/C23H30N4OS/c1-4-17-7-8-20(19-6-5-11-24-22(17)19)27-14-16(2)29-21(15-27)23(28)25-18-9-12-26(3)13-10-18/h1,5-8,16,18,21,24H,9-15H2,2-3H3,(H,25,28)/t16-,21-/m1/s1. The van der Waals surface area contributed by atoms with Crippen LogP contribution in [0.25, 0.3) is 6.08 Å². The van der Waals surface area contributed by atoms with E-state index in [-0.39, 0.29) is 11.2 Å². The van der Waals surface area contributed by atoms with Crippen LogP contribution in [-0.2, 0) is 4.79 Å². The molecule has 154 valence electrons. The zero-order chi connectivity index (χ0) is 20.4. The summed E-state index contributed by atoms with van der Waals surface area (Å²) in [6, 6.07) is 4.43. The van der Waals surface area contributed by atoms with Gasteiger partial charge in [-0.2, -0.15) is 0 Å². The molecular formula is C23H30N4OS. The first kappa shape index (κ1) is 20.2. The summed E-state index contributed by atoms with van der Waals surface area (Å²) < 4.78 is 0. The van der Waals surface area contributed by atoms with Gasteiger partial charge < -0.3 is 20.4 Å². The molecule has 0 saturated carbocycles. The van der Waals surface area contributed by atoms with Gasteiger partial charge in [0.2, 0.25) is 5.91 Å². The number of rotatable bonds is 3. The van der Waals surface area contributed by atoms with Gasteiger partial charge in [-0.3, -0.25) is 4.79 Å². The van der Waals surface area contributed by atoms with Crippen molar-refractivity contribution in [3.05, 3.63) is 29.3 Å². The number of hydrogen-bond donors (Lipinski definition) is 2. The molecule has 29 heavy (non-hydrogen) atoms. The van der Waals surface area contributed by atoms with Gasteiger partial charge >= 0.3 is 0 Å². The second-order valence-corrected chi connectivity index (χ2v) is 9.92. The van der Waals surface area contributed by atoms with Gasteiger partial charge in [0.15, 0.2) is 0 Å². The third kappa shape index (κ3) is 4.41. The molecule has 6 heteroatoms. The molecular weight excluding hydrogens is 380 g/mol. The fourth-order valence-corrected chi connectivity index (χ4v) is 5.73. The SMILES string of the molecule is C#Cc1ccc(N2C[C@@H](C)S[C@@H](C(=O)NC3CCN(C)CC3)C2)c2c1NCC=C2. The zero-order valence-electron chi connectivity index (χ0n) is 17.3. The van der Waals surface area contributed by atoms with Crippen LogP contribution in [0.3, 0.4) is 0 Å². The van der Waals surface area contributed by atoms with Crippen LogP contribution in [0.5, 0.6) is 0 Å². The Morgan fingerprint density at radius 3 is 2.86 bits per heavy atom. The highest BCUT2D eigenvalue weighted by molar-refractivity contribution is 8.01. The molecule has 1 amide bonds. The van der Waals surface area contributed by atoms with Crippen LogP contribution in [-0.4, -0.2) is 67.1 Å². The Labute approximate surface area is 178 Å². The van der Waals surface area contributed by atoms with E-state index >= 15 is 0 Å². The number of anilines is 2. The van der Waals surface area contributed by atoms with Gasteiger partial charge in [0.05, 0.1) is 5.69 Å². The highest BCUT2D eigenvalue weighted by Gasteiger charge is 2.33. The lowest BCUT2D eigenvalue weighted by molar-refractivity contribution is -0.121. The number of nitrogens with zero attached hydrogens (tertiary/aromatic N) is 2. The molecule has 3 aliphatic rings. The summed E-state index contributed by atoms with van der Waals surface area (Å²) in [6.07, 6.45) is 12.1. The van der Waals surface area contributed by atoms with Crippen molar-refractivity contribution < 1.29 is 4.79 Å². The number of terminal acetylenes is 1. The minimum absolute atomic E-state index is 0.0538. The number of benzene rings is 1. The Morgan fingerprint density at radius 2 is 2.10 bits per heavy atom. The number of amides is 1. The van der Waals surface area contributed by atoms with Gasteiger partial charge in [-0.05, 0) is 45.1 Å². The van der Waals surface area contributed by atoms with Crippen LogP contribution in [0.4, 0.5) is 11.4 Å². The molecule has 2 fully saturated rings. The van der Waals surface area contributed by atoms with Crippen molar-refractivity contribution >= 4 is 35.1 Å². The van der Waals surface area contributed by atoms with Crippen molar-refractivity contribution in [2.75, 3.05) is 50.0 Å². The van der Waals surface area contributed by atoms with Crippen molar-refractivity contribution in [1.82, 2.24) is 10.2 Å². The highest BCUT2D eigenvalue weighted by Crippen LogP contribution is 2.37. The third-order valence-electron chi connectivity index (χ3n) is 6.02. The monoisotopic (exact) mass is 410 g/mol. The summed E-state index contributed by atoms with van der Waals surface area (Å²) in [7, 11) is 2.14. The third-order valence-corrected chi connectivity index (χ3v) is 7.32. The molecule has 0 unspecified atom stereocenters. The molecule has 2 saturated heterocycles. The maximum Gasteiger partial charge on any atom is 0.235 e. The quantitative estimate of drug-likeness (QED) is 0.751. The van der Waals surface area contributed by atoms with Gasteiger partial charge in [0.25, 0.3) is 0 Å². The van der Waals surface area contributed by atoms with E-state index in [0.717, 1.165) is 68.1 Å². The molecule has 5 nitrogen and oxygen atoms in total. The molecule has 4 rings (SSSR count). The van der Waals surface area contributed by atoms with E-state index in [4.69, 9.17) is 6.42 Å². The molecule has 0 bridgehead atoms. The first-order valence-electron chi connectivity index (χ1n) is 10.5. The van der Waals surface area contributed by atoms with Crippen LogP contribution in [0.2, 0.25) is 0 Å². The first-order chi connectivity index (χ1) is 14.0. The van der Waals surface area contributed by atoms with Crippen LogP contribution in [0, 0.1) is 12.3 Å². The molecule has 3 heterocycles. The van der Waals surface area contributed by atoms with E-state index in [9.17, 15) is 4.79 Å². The van der Waals surface area contributed by atoms with E-state index in [1.165, 1.54) is 0 Å². The Bertz CT molecular complexity index is 838. The maximum atomic E-state index is 13.0. The van der Waals surface area contributed by atoms with Crippen molar-refractivity contribution in [3.63, 3.8) is 0 Å². The number of carbonyl (C=O) groups is 1. The normalized spacial score (nSPS) is 25.1. The van der Waals surface area contributed by atoms with E-state index in [2.05, 4.69) is 58.5 Å². The number of piperidine rings is 1. The number of nitrogens with one attached hydrogen (secondary N) is 2. The number of fused-ring (bicyclic) bond motifs is 1. The Morgan fingerprint density at radius 1 is 1.31 bits per heavy atom. The Hall–Kier alpha value is -2.10. The van der Waals surface area contributed by atoms with Crippen molar-refractivity contribution in [3.8, 4) is 12.3 Å². The van der Waals surface area contributed by atoms with Gasteiger partial charge in [-0.15, -0.1) is 18.2 Å². The Balaban J connectivity index is 1.50. The minimum Gasteiger partial charge on any atom is -0.380 e. The fourth-order valence-electron chi connectivity index (χ4n) is 4.44. The fraction of sp³-hybridized carbons (Fsp3) is 0.522. The van der Waals surface area contributed by atoms with E-state index in [1.807, 2.05) is 6.07 Å². The first-order valence-corrected chi connectivity index (χ1v) is 11.4. The van der Waals surface area contributed by atoms with Crippen LogP contribution >= 0.6 is 11.8 Å². The van der Waals surface area contributed by atoms with Gasteiger partial charge in [0, 0.05) is 47.7 Å². The molecule has 0 radical (unpaired) electrons. The average Bonchev–Trinajstić information content (AvgIpc) is 2.74. The number of hydrogen-bond acceptors (Lipinski definition) is 5. The molecule has 0 spiro atoms. The largest absolute Gasteiger partial charge is 0.380 e. The van der Waals surface area contributed by atoms with Crippen molar-refractivity contribution in [2.24, 2.45) is 0 Å². The number of likely N-dealkylation sites (tertiary alicyclic amines) is 1. The predicted octanol–water partition coefficient (Wildman–Crippen LogP) is 2.63. The maximum absolute atomic E-state index is 13.0. The molecule has 0 aromatic heterocycles. The molecule has 2 N–H and O–H groups in total. The lowest BCUT2D eigenvalue weighted by Crippen LogP contribution is -2.52. The summed E-state index contributed by atoms with van der Waals surface area (Å²) >= 11 is 1.80. The molecule has 3 aliphatic heterocycles. The van der Waals surface area contributed by atoms with Crippen LogP contribution in [0.1, 0.15) is 30.9 Å². The predicted molar refractivity (Wildman–Crippen MR) is 124 cm³/mol. The average molecular weight is 411 g/mol. The molecule has 1 aromatic rings. The number of carbonyl (C=O) groups excluding carboxylic acids is 1. The van der Waals surface area contributed by atoms with E-state index in [1.54, 1.807) is 11.8 Å². The highest BCUT2D eigenvalue weighted by atomic mass is 32.2. The summed E-state index contributed by atoms with van der Waals surface area (Å²) in [5.41, 5.74) is 4.22. The second-order valence-electron chi connectivity index (χ2n) is 8.27. The zero-order valence-corrected chi connectivity index (χ0v) is 18.1. The molecule has 1 aromatic carbocycles. The lowest BCUT2D eigenvalue weighted by atomic mass is 10.0. The van der Waals surface area contributed by atoms with Gasteiger partial charge in [-0.25, -0.2) is 0 Å². The lowest BCUT2D eigenvalue weighted by Gasteiger charge is -2.39. The summed E-state index contributed by atoms with van der Waals surface area (Å²) in [5, 5.41) is 7.07. The topological polar surface area (TPSA) is 47.6 Å². The smallest absolute Gasteiger partial charge is 0.235 e. The van der Waals surface area contributed by atoms with Crippen LogP contribution in [0.15, 0.2) is 18.2 Å². The minimum atomic E-state index is -0.0538. The van der Waals surface area contributed by atoms with Crippen LogP contribution < -0.4 is 15.5 Å².